The third-order valence-electron chi connectivity index (χ3n) is 4.52. The zero-order chi connectivity index (χ0) is 21.1. The van der Waals surface area contributed by atoms with E-state index in [9.17, 15) is 8.42 Å². The topological polar surface area (TPSA) is 92.3 Å². The monoisotopic (exact) mass is 574 g/mol. The van der Waals surface area contributed by atoms with E-state index in [2.05, 4.69) is 15.0 Å². The van der Waals surface area contributed by atoms with Crippen LogP contribution in [0.2, 0.25) is 5.02 Å². The molecule has 1 unspecified atom stereocenters. The van der Waals surface area contributed by atoms with Crippen molar-refractivity contribution < 1.29 is 17.9 Å². The largest absolute Gasteiger partial charge is 0.492 e. The number of hydrogen-bond donors (Lipinski definition) is 2. The summed E-state index contributed by atoms with van der Waals surface area (Å²) in [5.41, 5.74) is 0. The Morgan fingerprint density at radius 1 is 1.40 bits per heavy atom. The predicted molar refractivity (Wildman–Crippen MR) is 132 cm³/mol. The lowest BCUT2D eigenvalue weighted by Gasteiger charge is -2.23. The summed E-state index contributed by atoms with van der Waals surface area (Å²) in [6, 6.07) is 7.22. The van der Waals surface area contributed by atoms with Crippen molar-refractivity contribution >= 4 is 51.6 Å². The van der Waals surface area contributed by atoms with E-state index in [4.69, 9.17) is 21.1 Å². The summed E-state index contributed by atoms with van der Waals surface area (Å²) in [5.74, 6) is 1.27. The van der Waals surface area contributed by atoms with Crippen LogP contribution < -0.4 is 14.8 Å². The first kappa shape index (κ1) is 27.2. The van der Waals surface area contributed by atoms with Crippen LogP contribution in [0.4, 0.5) is 0 Å². The molecule has 1 fully saturated rings. The number of rotatable bonds is 10. The highest BCUT2D eigenvalue weighted by molar-refractivity contribution is 14.0. The molecule has 8 nitrogen and oxygen atoms in total. The lowest BCUT2D eigenvalue weighted by atomic mass is 10.1. The first-order valence-electron chi connectivity index (χ1n) is 9.79. The van der Waals surface area contributed by atoms with Crippen molar-refractivity contribution in [3.05, 3.63) is 29.3 Å². The number of sulfonamides is 1. The van der Waals surface area contributed by atoms with Crippen LogP contribution in [0.1, 0.15) is 19.3 Å². The number of hydrogen-bond acceptors (Lipinski definition) is 5. The lowest BCUT2D eigenvalue weighted by molar-refractivity contribution is 0.0200. The van der Waals surface area contributed by atoms with Crippen molar-refractivity contribution in [2.45, 2.75) is 25.4 Å². The van der Waals surface area contributed by atoms with Gasteiger partial charge in [-0.1, -0.05) is 17.7 Å². The van der Waals surface area contributed by atoms with Crippen LogP contribution in [0.15, 0.2) is 29.3 Å². The molecule has 1 aromatic rings. The van der Waals surface area contributed by atoms with Crippen LogP contribution in [0.3, 0.4) is 0 Å². The number of nitrogens with one attached hydrogen (secondary N) is 2. The molecule has 0 radical (unpaired) electrons. The molecular formula is C19H32ClIN4O4S. The summed E-state index contributed by atoms with van der Waals surface area (Å²) in [5, 5.41) is 3.69. The molecule has 1 atom stereocenters. The first-order valence-corrected chi connectivity index (χ1v) is 11.8. The molecular weight excluding hydrogens is 543 g/mol. The van der Waals surface area contributed by atoms with Gasteiger partial charge in [0, 0.05) is 38.8 Å². The molecule has 1 aliphatic heterocycles. The van der Waals surface area contributed by atoms with E-state index in [1.807, 2.05) is 24.1 Å². The van der Waals surface area contributed by atoms with Gasteiger partial charge in [-0.15, -0.1) is 24.0 Å². The van der Waals surface area contributed by atoms with Gasteiger partial charge in [0.15, 0.2) is 5.96 Å². The van der Waals surface area contributed by atoms with Gasteiger partial charge in [-0.2, -0.15) is 0 Å². The quantitative estimate of drug-likeness (QED) is 0.253. The number of ether oxygens (including phenoxy) is 2. The van der Waals surface area contributed by atoms with Crippen molar-refractivity contribution in [1.29, 1.82) is 0 Å². The van der Waals surface area contributed by atoms with Crippen LogP contribution in [0, 0.1) is 0 Å². The Kier molecular flexibility index (Phi) is 13.0. The molecule has 0 aliphatic carbocycles. The van der Waals surface area contributed by atoms with E-state index in [-0.39, 0.29) is 42.4 Å². The van der Waals surface area contributed by atoms with Crippen molar-refractivity contribution in [3.63, 3.8) is 0 Å². The van der Waals surface area contributed by atoms with Crippen molar-refractivity contribution in [2.24, 2.45) is 4.99 Å². The third kappa shape index (κ3) is 10.5. The van der Waals surface area contributed by atoms with Crippen molar-refractivity contribution in [2.75, 3.05) is 52.7 Å². The van der Waals surface area contributed by atoms with E-state index < -0.39 is 10.0 Å². The van der Waals surface area contributed by atoms with Gasteiger partial charge in [0.25, 0.3) is 0 Å². The Labute approximate surface area is 201 Å². The van der Waals surface area contributed by atoms with Crippen LogP contribution in [-0.2, 0) is 14.8 Å². The fourth-order valence-electron chi connectivity index (χ4n) is 2.91. The summed E-state index contributed by atoms with van der Waals surface area (Å²) in [4.78, 5) is 6.06. The van der Waals surface area contributed by atoms with Gasteiger partial charge >= 0.3 is 0 Å². The zero-order valence-corrected chi connectivity index (χ0v) is 21.4. The second-order valence-corrected chi connectivity index (χ2v) is 9.22. The predicted octanol–water partition coefficient (Wildman–Crippen LogP) is 2.33. The highest BCUT2D eigenvalue weighted by Gasteiger charge is 2.18. The molecule has 0 spiro atoms. The van der Waals surface area contributed by atoms with E-state index in [1.54, 1.807) is 19.2 Å². The highest BCUT2D eigenvalue weighted by atomic mass is 127. The van der Waals surface area contributed by atoms with Crippen molar-refractivity contribution in [3.8, 4) is 5.75 Å². The number of guanidine groups is 1. The average molecular weight is 575 g/mol. The fraction of sp³-hybridized carbons (Fsp3) is 0.632. The Hall–Kier alpha value is -0.820. The van der Waals surface area contributed by atoms with Gasteiger partial charge in [0.1, 0.15) is 12.4 Å². The molecule has 2 N–H and O–H groups in total. The Morgan fingerprint density at radius 2 is 2.20 bits per heavy atom. The number of nitrogens with zero attached hydrogens (tertiary/aromatic N) is 2. The van der Waals surface area contributed by atoms with E-state index in [1.165, 1.54) is 0 Å². The highest BCUT2D eigenvalue weighted by Crippen LogP contribution is 2.16. The zero-order valence-electron chi connectivity index (χ0n) is 17.5. The van der Waals surface area contributed by atoms with Gasteiger partial charge in [0.2, 0.25) is 10.0 Å². The van der Waals surface area contributed by atoms with Gasteiger partial charge in [0.05, 0.1) is 18.4 Å². The number of aliphatic imine (C=N–C) groups is 1. The van der Waals surface area contributed by atoms with Crippen LogP contribution in [0.5, 0.6) is 5.75 Å². The summed E-state index contributed by atoms with van der Waals surface area (Å²) < 4.78 is 38.2. The minimum Gasteiger partial charge on any atom is -0.492 e. The SMILES string of the molecule is CN=C(NCCS(=O)(=O)NCC1CCCCO1)N(C)CCOc1cccc(Cl)c1.I. The Balaban J connectivity index is 0.00000450. The maximum atomic E-state index is 12.2. The smallest absolute Gasteiger partial charge is 0.213 e. The van der Waals surface area contributed by atoms with E-state index in [0.29, 0.717) is 43.0 Å². The molecule has 1 aliphatic rings. The molecule has 0 amide bonds. The Bertz CT molecular complexity index is 761. The summed E-state index contributed by atoms with van der Waals surface area (Å²) >= 11 is 5.94. The minimum atomic E-state index is -3.37. The average Bonchev–Trinajstić information content (AvgIpc) is 2.70. The standard InChI is InChI=1S/C19H31ClN4O4S.HI/c1-21-19(24(2)10-12-28-17-8-5-6-16(20)14-17)22-9-13-29(25,26)23-15-18-7-3-4-11-27-18;/h5-6,8,14,18,23H,3-4,7,9-13,15H2,1-2H3,(H,21,22);1H. The molecule has 1 aromatic carbocycles. The van der Waals surface area contributed by atoms with Gasteiger partial charge in [-0.25, -0.2) is 13.1 Å². The van der Waals surface area contributed by atoms with E-state index >= 15 is 0 Å². The molecule has 0 aromatic heterocycles. The number of likely N-dealkylation sites (N-methyl/N-ethyl adjacent to an activating group) is 1. The molecule has 0 saturated carbocycles. The number of halogens is 2. The van der Waals surface area contributed by atoms with Crippen LogP contribution in [-0.4, -0.2) is 78.1 Å². The van der Waals surface area contributed by atoms with Crippen molar-refractivity contribution in [1.82, 2.24) is 14.9 Å². The number of benzene rings is 1. The summed E-state index contributed by atoms with van der Waals surface area (Å²) in [6.07, 6.45) is 3.00. The fourth-order valence-corrected chi connectivity index (χ4v) is 4.04. The molecule has 1 heterocycles. The van der Waals surface area contributed by atoms with Gasteiger partial charge in [-0.05, 0) is 37.5 Å². The molecule has 30 heavy (non-hydrogen) atoms. The molecule has 0 bridgehead atoms. The third-order valence-corrected chi connectivity index (χ3v) is 6.11. The normalized spacial score (nSPS) is 17.2. The maximum Gasteiger partial charge on any atom is 0.213 e. The second kappa shape index (κ2) is 14.3. The van der Waals surface area contributed by atoms with Crippen LogP contribution >= 0.6 is 35.6 Å². The molecule has 1 saturated heterocycles. The second-order valence-electron chi connectivity index (χ2n) is 6.86. The molecule has 11 heteroatoms. The van der Waals surface area contributed by atoms with E-state index in [0.717, 1.165) is 19.3 Å². The first-order chi connectivity index (χ1) is 13.9. The maximum absolute atomic E-state index is 12.2. The summed E-state index contributed by atoms with van der Waals surface area (Å²) in [6.45, 7) is 2.32. The lowest BCUT2D eigenvalue weighted by Crippen LogP contribution is -2.44. The molecule has 172 valence electrons. The van der Waals surface area contributed by atoms with Gasteiger partial charge in [-0.3, -0.25) is 4.99 Å². The molecule has 2 rings (SSSR count). The van der Waals surface area contributed by atoms with Crippen LogP contribution in [0.25, 0.3) is 0 Å². The summed E-state index contributed by atoms with van der Waals surface area (Å²) in [7, 11) is 0.151. The Morgan fingerprint density at radius 3 is 2.87 bits per heavy atom. The minimum absolute atomic E-state index is 0. The van der Waals surface area contributed by atoms with Gasteiger partial charge < -0.3 is 19.7 Å².